The molecule has 0 saturated carbocycles. The smallest absolute Gasteiger partial charge is 0.227 e. The molecular formula is C23H34N4OS. The van der Waals surface area contributed by atoms with Crippen LogP contribution < -0.4 is 0 Å². The van der Waals surface area contributed by atoms with Crippen molar-refractivity contribution in [3.63, 3.8) is 0 Å². The van der Waals surface area contributed by atoms with E-state index in [0.29, 0.717) is 17.6 Å². The lowest BCUT2D eigenvalue weighted by atomic mass is 10.1. The van der Waals surface area contributed by atoms with Crippen LogP contribution in [-0.2, 0) is 17.8 Å². The van der Waals surface area contributed by atoms with Crippen LogP contribution >= 0.6 is 11.8 Å². The predicted octanol–water partition coefficient (Wildman–Crippen LogP) is 3.89. The Balaban J connectivity index is 1.43. The molecule has 2 heterocycles. The Morgan fingerprint density at radius 2 is 1.72 bits per heavy atom. The van der Waals surface area contributed by atoms with E-state index in [9.17, 15) is 4.79 Å². The summed E-state index contributed by atoms with van der Waals surface area (Å²) >= 11 is 1.85. The minimum atomic E-state index is 0.241. The van der Waals surface area contributed by atoms with Crippen LogP contribution in [-0.4, -0.2) is 63.2 Å². The minimum Gasteiger partial charge on any atom is -0.340 e. The molecular weight excluding hydrogens is 380 g/mol. The molecule has 1 aromatic carbocycles. The molecule has 158 valence electrons. The lowest BCUT2D eigenvalue weighted by Gasteiger charge is -2.35. The van der Waals surface area contributed by atoms with Crippen LogP contribution in [0.3, 0.4) is 0 Å². The van der Waals surface area contributed by atoms with E-state index < -0.39 is 0 Å². The summed E-state index contributed by atoms with van der Waals surface area (Å²) in [7, 11) is 0. The number of imidazole rings is 1. The highest BCUT2D eigenvalue weighted by Crippen LogP contribution is 2.23. The second-order valence-corrected chi connectivity index (χ2v) is 9.99. The van der Waals surface area contributed by atoms with E-state index in [1.165, 1.54) is 4.90 Å². The number of carbonyl (C=O) groups excluding carboxylic acids is 1. The summed E-state index contributed by atoms with van der Waals surface area (Å²) in [5, 5.41) is 0.574. The molecule has 0 unspecified atom stereocenters. The van der Waals surface area contributed by atoms with Crippen LogP contribution in [0.2, 0.25) is 0 Å². The number of hydrogen-bond acceptors (Lipinski definition) is 4. The monoisotopic (exact) mass is 414 g/mol. The molecule has 2 aromatic rings. The number of benzene rings is 1. The second kappa shape index (κ2) is 10.3. The summed E-state index contributed by atoms with van der Waals surface area (Å²) in [6.45, 7) is 14.3. The highest BCUT2D eigenvalue weighted by molar-refractivity contribution is 7.99. The molecule has 1 aromatic heterocycles. The van der Waals surface area contributed by atoms with Gasteiger partial charge in [0.05, 0.1) is 6.42 Å². The summed E-state index contributed by atoms with van der Waals surface area (Å²) in [4.78, 5) is 22.9. The summed E-state index contributed by atoms with van der Waals surface area (Å²) < 4.78 is 2.25. The van der Waals surface area contributed by atoms with Crippen molar-refractivity contribution < 1.29 is 4.79 Å². The van der Waals surface area contributed by atoms with Gasteiger partial charge in [-0.1, -0.05) is 39.8 Å². The van der Waals surface area contributed by atoms with Gasteiger partial charge in [-0.15, -0.1) is 11.8 Å². The van der Waals surface area contributed by atoms with E-state index in [1.54, 1.807) is 0 Å². The van der Waals surface area contributed by atoms with Crippen molar-refractivity contribution in [2.75, 3.05) is 32.7 Å². The Morgan fingerprint density at radius 1 is 1.03 bits per heavy atom. The predicted molar refractivity (Wildman–Crippen MR) is 120 cm³/mol. The highest BCUT2D eigenvalue weighted by Gasteiger charge is 2.21. The second-order valence-electron chi connectivity index (χ2n) is 8.34. The molecule has 1 aliphatic rings. The molecule has 0 atom stereocenters. The van der Waals surface area contributed by atoms with Gasteiger partial charge in [-0.3, -0.25) is 9.69 Å². The number of rotatable bonds is 8. The third kappa shape index (κ3) is 6.34. The molecule has 0 bridgehead atoms. The van der Waals surface area contributed by atoms with E-state index in [-0.39, 0.29) is 5.91 Å². The number of nitrogens with zero attached hydrogens (tertiary/aromatic N) is 4. The van der Waals surface area contributed by atoms with Crippen LogP contribution in [0.1, 0.15) is 45.0 Å². The lowest BCUT2D eigenvalue weighted by molar-refractivity contribution is -0.132. The lowest BCUT2D eigenvalue weighted by Crippen LogP contribution is -2.49. The van der Waals surface area contributed by atoms with Gasteiger partial charge in [-0.2, -0.15) is 0 Å². The molecule has 6 heteroatoms. The van der Waals surface area contributed by atoms with E-state index >= 15 is 0 Å². The summed E-state index contributed by atoms with van der Waals surface area (Å²) in [5.41, 5.74) is 1.10. The first kappa shape index (κ1) is 21.9. The first-order valence-electron chi connectivity index (χ1n) is 10.7. The molecule has 1 amide bonds. The van der Waals surface area contributed by atoms with Crippen molar-refractivity contribution in [1.82, 2.24) is 19.4 Å². The maximum atomic E-state index is 12.7. The van der Waals surface area contributed by atoms with Crippen molar-refractivity contribution in [2.24, 2.45) is 0 Å². The van der Waals surface area contributed by atoms with Crippen LogP contribution in [0.15, 0.2) is 41.6 Å². The Labute approximate surface area is 179 Å². The van der Waals surface area contributed by atoms with Crippen LogP contribution in [0.4, 0.5) is 0 Å². The van der Waals surface area contributed by atoms with E-state index in [2.05, 4.69) is 72.6 Å². The highest BCUT2D eigenvalue weighted by atomic mass is 32.2. The number of thioether (sulfide) groups is 1. The Bertz CT molecular complexity index is 776. The molecule has 29 heavy (non-hydrogen) atoms. The van der Waals surface area contributed by atoms with Gasteiger partial charge in [0, 0.05) is 67.7 Å². The molecule has 0 radical (unpaired) electrons. The van der Waals surface area contributed by atoms with Gasteiger partial charge < -0.3 is 9.47 Å². The van der Waals surface area contributed by atoms with Crippen molar-refractivity contribution in [3.8, 4) is 0 Å². The van der Waals surface area contributed by atoms with Crippen molar-refractivity contribution in [2.45, 2.75) is 56.7 Å². The number of piperazine rings is 1. The zero-order chi connectivity index (χ0) is 20.8. The van der Waals surface area contributed by atoms with Gasteiger partial charge in [-0.25, -0.2) is 4.98 Å². The fraction of sp³-hybridized carbons (Fsp3) is 0.565. The average molecular weight is 415 g/mol. The zero-order valence-corrected chi connectivity index (χ0v) is 19.0. The van der Waals surface area contributed by atoms with Gasteiger partial charge in [0.15, 0.2) is 0 Å². The summed E-state index contributed by atoms with van der Waals surface area (Å²) in [6, 6.07) is 8.45. The summed E-state index contributed by atoms with van der Waals surface area (Å²) in [5.74, 6) is 1.83. The van der Waals surface area contributed by atoms with Gasteiger partial charge >= 0.3 is 0 Å². The van der Waals surface area contributed by atoms with Crippen LogP contribution in [0.25, 0.3) is 0 Å². The van der Waals surface area contributed by atoms with Crippen LogP contribution in [0, 0.1) is 0 Å². The third-order valence-electron chi connectivity index (χ3n) is 5.30. The SMILES string of the molecule is CC(C)Sc1ccc(CC(=O)N2CCN(CCn3ccnc3C(C)C)CC2)cc1. The number of aromatic nitrogens is 2. The Hall–Kier alpha value is -1.79. The zero-order valence-electron chi connectivity index (χ0n) is 18.2. The number of carbonyl (C=O) groups is 1. The topological polar surface area (TPSA) is 41.4 Å². The molecule has 0 aliphatic carbocycles. The van der Waals surface area contributed by atoms with Crippen LogP contribution in [0.5, 0.6) is 0 Å². The normalized spacial score (nSPS) is 15.4. The van der Waals surface area contributed by atoms with Gasteiger partial charge in [0.1, 0.15) is 5.82 Å². The molecule has 0 spiro atoms. The van der Waals surface area contributed by atoms with Gasteiger partial charge in [-0.05, 0) is 17.7 Å². The van der Waals surface area contributed by atoms with Gasteiger partial charge in [0.2, 0.25) is 5.91 Å². The standard InChI is InChI=1S/C23H34N4OS/c1-18(2)23-24-9-10-27(23)16-13-25-11-14-26(15-12-25)22(28)17-20-5-7-21(8-6-20)29-19(3)4/h5-10,18-19H,11-17H2,1-4H3. The first-order chi connectivity index (χ1) is 13.9. The molecule has 3 rings (SSSR count). The molecule has 1 aliphatic heterocycles. The largest absolute Gasteiger partial charge is 0.340 e. The minimum absolute atomic E-state index is 0.241. The number of hydrogen-bond donors (Lipinski definition) is 0. The number of amides is 1. The maximum Gasteiger partial charge on any atom is 0.227 e. The van der Waals surface area contributed by atoms with Crippen molar-refractivity contribution in [1.29, 1.82) is 0 Å². The third-order valence-corrected chi connectivity index (χ3v) is 6.31. The van der Waals surface area contributed by atoms with Crippen molar-refractivity contribution >= 4 is 17.7 Å². The van der Waals surface area contributed by atoms with E-state index in [4.69, 9.17) is 0 Å². The quantitative estimate of drug-likeness (QED) is 0.615. The molecule has 1 fully saturated rings. The fourth-order valence-corrected chi connectivity index (χ4v) is 4.56. The average Bonchev–Trinajstić information content (AvgIpc) is 3.17. The van der Waals surface area contributed by atoms with Crippen molar-refractivity contribution in [3.05, 3.63) is 48.0 Å². The molecule has 0 N–H and O–H groups in total. The Kier molecular flexibility index (Phi) is 7.78. The molecule has 1 saturated heterocycles. The van der Waals surface area contributed by atoms with Gasteiger partial charge in [0.25, 0.3) is 0 Å². The van der Waals surface area contributed by atoms with E-state index in [1.807, 2.05) is 22.9 Å². The first-order valence-corrected chi connectivity index (χ1v) is 11.6. The van der Waals surface area contributed by atoms with E-state index in [0.717, 1.165) is 50.7 Å². The fourth-order valence-electron chi connectivity index (χ4n) is 3.72. The maximum absolute atomic E-state index is 12.7. The Morgan fingerprint density at radius 3 is 2.34 bits per heavy atom. The molecule has 5 nitrogen and oxygen atoms in total. The summed E-state index contributed by atoms with van der Waals surface area (Å²) in [6.07, 6.45) is 4.46.